The second-order valence-electron chi connectivity index (χ2n) is 11.6. The van der Waals surface area contributed by atoms with Crippen LogP contribution in [0.1, 0.15) is 90.2 Å². The summed E-state index contributed by atoms with van der Waals surface area (Å²) in [5.41, 5.74) is 1.93. The summed E-state index contributed by atoms with van der Waals surface area (Å²) in [5, 5.41) is 0. The van der Waals surface area contributed by atoms with Crippen LogP contribution in [0.15, 0.2) is 58.3 Å². The number of sulfonamides is 2. The van der Waals surface area contributed by atoms with Crippen LogP contribution in [0.4, 0.5) is 0 Å². The molecule has 0 aromatic heterocycles. The fourth-order valence-corrected chi connectivity index (χ4v) is 7.78. The molecule has 10 heteroatoms. The van der Waals surface area contributed by atoms with Gasteiger partial charge in [-0.3, -0.25) is 0 Å². The van der Waals surface area contributed by atoms with Crippen molar-refractivity contribution in [2.75, 3.05) is 0 Å². The molecule has 2 aromatic carbocycles. The molecular formula is C31H48N2O6S2. The standard InChI is InChI=1S/C31H48N2O6S2/c1-7-9-11-13-27(32-40(34,35)25-19-15-23(3)16-20-25)29-30(39-31(5,6)38-29)28(14-12-10-8-2)33-41(36,37)26-21-17-24(4)18-22-26/h15-22,27-30,32-33H,7-14H2,1-6H3/t27-,28+,29-,30+. The SMILES string of the molecule is CCCCC[C@H](NS(=O)(=O)c1ccc(C)cc1)[C@@H]1OC(C)(C)O[C@@H]1[C@@H](CCCCC)NS(=O)(=O)c1ccc(C)cc1. The normalized spacial score (nSPS) is 20.6. The van der Waals surface area contributed by atoms with E-state index in [1.165, 1.54) is 0 Å². The van der Waals surface area contributed by atoms with Crippen molar-refractivity contribution >= 4 is 20.0 Å². The molecular weight excluding hydrogens is 560 g/mol. The van der Waals surface area contributed by atoms with E-state index in [0.717, 1.165) is 49.7 Å². The van der Waals surface area contributed by atoms with Gasteiger partial charge < -0.3 is 9.47 Å². The van der Waals surface area contributed by atoms with Gasteiger partial charge in [-0.1, -0.05) is 87.8 Å². The summed E-state index contributed by atoms with van der Waals surface area (Å²) < 4.78 is 72.7. The lowest BCUT2D eigenvalue weighted by Crippen LogP contribution is -2.54. The summed E-state index contributed by atoms with van der Waals surface area (Å²) in [5.74, 6) is -1.02. The molecule has 1 heterocycles. The predicted molar refractivity (Wildman–Crippen MR) is 163 cm³/mol. The third-order valence-corrected chi connectivity index (χ3v) is 10.5. The number of benzene rings is 2. The average Bonchev–Trinajstić information content (AvgIpc) is 3.23. The smallest absolute Gasteiger partial charge is 0.240 e. The molecule has 2 N–H and O–H groups in total. The van der Waals surface area contributed by atoms with Crippen molar-refractivity contribution in [3.8, 4) is 0 Å². The molecule has 0 bridgehead atoms. The molecule has 0 saturated carbocycles. The lowest BCUT2D eigenvalue weighted by molar-refractivity contribution is -0.150. The number of aryl methyl sites for hydroxylation is 2. The third-order valence-electron chi connectivity index (χ3n) is 7.47. The first-order valence-electron chi connectivity index (χ1n) is 14.8. The Morgan fingerprint density at radius 1 is 0.659 bits per heavy atom. The zero-order chi connectivity index (χ0) is 30.3. The van der Waals surface area contributed by atoms with E-state index in [1.807, 2.05) is 13.8 Å². The van der Waals surface area contributed by atoms with Gasteiger partial charge in [0.2, 0.25) is 20.0 Å². The number of hydrogen-bond donors (Lipinski definition) is 2. The number of hydrogen-bond acceptors (Lipinski definition) is 6. The van der Waals surface area contributed by atoms with Crippen LogP contribution in [0.3, 0.4) is 0 Å². The van der Waals surface area contributed by atoms with Gasteiger partial charge in [0.1, 0.15) is 12.2 Å². The molecule has 1 aliphatic heterocycles. The topological polar surface area (TPSA) is 111 Å². The summed E-state index contributed by atoms with van der Waals surface area (Å²) in [7, 11) is -7.73. The van der Waals surface area contributed by atoms with E-state index in [0.29, 0.717) is 12.8 Å². The van der Waals surface area contributed by atoms with E-state index >= 15 is 0 Å². The van der Waals surface area contributed by atoms with E-state index in [-0.39, 0.29) is 9.79 Å². The van der Waals surface area contributed by atoms with Crippen LogP contribution >= 0.6 is 0 Å². The summed E-state index contributed by atoms with van der Waals surface area (Å²) in [6.07, 6.45) is 5.07. The summed E-state index contributed by atoms with van der Waals surface area (Å²) in [6.45, 7) is 11.6. The van der Waals surface area contributed by atoms with Gasteiger partial charge >= 0.3 is 0 Å². The molecule has 2 aromatic rings. The van der Waals surface area contributed by atoms with Gasteiger partial charge in [-0.05, 0) is 64.8 Å². The molecule has 1 fully saturated rings. The maximum atomic E-state index is 13.5. The lowest BCUT2D eigenvalue weighted by atomic mass is 9.93. The molecule has 1 saturated heterocycles. The minimum Gasteiger partial charge on any atom is -0.343 e. The quantitative estimate of drug-likeness (QED) is 0.227. The Bertz CT molecular complexity index is 1210. The van der Waals surface area contributed by atoms with Crippen molar-refractivity contribution < 1.29 is 26.3 Å². The average molecular weight is 609 g/mol. The Hall–Kier alpha value is -1.82. The van der Waals surface area contributed by atoms with E-state index < -0.39 is 50.1 Å². The van der Waals surface area contributed by atoms with Gasteiger partial charge in [0.25, 0.3) is 0 Å². The lowest BCUT2D eigenvalue weighted by Gasteiger charge is -2.32. The maximum absolute atomic E-state index is 13.5. The van der Waals surface area contributed by atoms with Gasteiger partial charge in [-0.2, -0.15) is 0 Å². The number of unbranched alkanes of at least 4 members (excludes halogenated alkanes) is 4. The van der Waals surface area contributed by atoms with Crippen molar-refractivity contribution in [1.29, 1.82) is 0 Å². The molecule has 4 atom stereocenters. The minimum absolute atomic E-state index is 0.179. The molecule has 0 radical (unpaired) electrons. The largest absolute Gasteiger partial charge is 0.343 e. The fourth-order valence-electron chi connectivity index (χ4n) is 5.22. The van der Waals surface area contributed by atoms with E-state index in [2.05, 4.69) is 23.3 Å². The van der Waals surface area contributed by atoms with Crippen molar-refractivity contribution in [3.63, 3.8) is 0 Å². The second-order valence-corrected chi connectivity index (χ2v) is 15.1. The zero-order valence-electron chi connectivity index (χ0n) is 25.4. The highest BCUT2D eigenvalue weighted by molar-refractivity contribution is 7.89. The molecule has 0 amide bonds. The highest BCUT2D eigenvalue weighted by atomic mass is 32.2. The highest BCUT2D eigenvalue weighted by Crippen LogP contribution is 2.35. The Kier molecular flexibility index (Phi) is 12.0. The molecule has 0 aliphatic carbocycles. The van der Waals surface area contributed by atoms with Gasteiger partial charge in [0.15, 0.2) is 5.79 Å². The van der Waals surface area contributed by atoms with Crippen LogP contribution in [0.2, 0.25) is 0 Å². The summed E-state index contributed by atoms with van der Waals surface area (Å²) in [4.78, 5) is 0.357. The highest BCUT2D eigenvalue weighted by Gasteiger charge is 2.49. The zero-order valence-corrected chi connectivity index (χ0v) is 27.0. The Labute approximate surface area is 247 Å². The Balaban J connectivity index is 1.97. The monoisotopic (exact) mass is 608 g/mol. The number of rotatable bonds is 16. The summed E-state index contributed by atoms with van der Waals surface area (Å²) in [6, 6.07) is 12.2. The molecule has 1 aliphatic rings. The first-order valence-corrected chi connectivity index (χ1v) is 17.8. The summed E-state index contributed by atoms with van der Waals surface area (Å²) >= 11 is 0. The van der Waals surface area contributed by atoms with Crippen molar-refractivity contribution in [3.05, 3.63) is 59.7 Å². The Morgan fingerprint density at radius 3 is 1.32 bits per heavy atom. The van der Waals surface area contributed by atoms with Crippen LogP contribution in [0.25, 0.3) is 0 Å². The molecule has 0 unspecified atom stereocenters. The van der Waals surface area contributed by atoms with Gasteiger partial charge in [0.05, 0.1) is 21.9 Å². The van der Waals surface area contributed by atoms with E-state index in [1.54, 1.807) is 62.4 Å². The van der Waals surface area contributed by atoms with Gasteiger partial charge in [-0.25, -0.2) is 26.3 Å². The van der Waals surface area contributed by atoms with Crippen molar-refractivity contribution in [2.45, 2.75) is 133 Å². The van der Waals surface area contributed by atoms with Crippen LogP contribution in [-0.4, -0.2) is 46.9 Å². The second kappa shape index (κ2) is 14.6. The van der Waals surface area contributed by atoms with Crippen LogP contribution in [-0.2, 0) is 29.5 Å². The molecule has 3 rings (SSSR count). The predicted octanol–water partition coefficient (Wildman–Crippen LogP) is 5.98. The first-order chi connectivity index (χ1) is 19.3. The first kappa shape index (κ1) is 33.7. The number of ether oxygens (including phenoxy) is 2. The molecule has 230 valence electrons. The minimum atomic E-state index is -3.86. The van der Waals surface area contributed by atoms with Gasteiger partial charge in [0, 0.05) is 0 Å². The van der Waals surface area contributed by atoms with Crippen LogP contribution in [0.5, 0.6) is 0 Å². The molecule has 41 heavy (non-hydrogen) atoms. The maximum Gasteiger partial charge on any atom is 0.240 e. The van der Waals surface area contributed by atoms with E-state index in [9.17, 15) is 16.8 Å². The van der Waals surface area contributed by atoms with Crippen molar-refractivity contribution in [1.82, 2.24) is 9.44 Å². The molecule has 0 spiro atoms. The van der Waals surface area contributed by atoms with Crippen molar-refractivity contribution in [2.24, 2.45) is 0 Å². The Morgan fingerprint density at radius 2 is 1.00 bits per heavy atom. The number of nitrogens with one attached hydrogen (secondary N) is 2. The van der Waals surface area contributed by atoms with Crippen LogP contribution in [0, 0.1) is 13.8 Å². The molecule has 8 nitrogen and oxygen atoms in total. The third kappa shape index (κ3) is 9.59. The fraction of sp³-hybridized carbons (Fsp3) is 0.613. The van der Waals surface area contributed by atoms with E-state index in [4.69, 9.17) is 9.47 Å². The van der Waals surface area contributed by atoms with Crippen LogP contribution < -0.4 is 9.44 Å². The van der Waals surface area contributed by atoms with Gasteiger partial charge in [-0.15, -0.1) is 0 Å².